The highest BCUT2D eigenvalue weighted by atomic mass is 35.5. The second-order valence-electron chi connectivity index (χ2n) is 5.37. The lowest BCUT2D eigenvalue weighted by molar-refractivity contribution is 0.485. The Labute approximate surface area is 124 Å². The standard InChI is InChI=1S/C15H21ClFNS/c1-11(12-5-6-13(16)14(17)9-12)18-10-15(19-2)7-3-4-8-15/h5-6,9,11,18H,3-4,7-8,10H2,1-2H3. The van der Waals surface area contributed by atoms with E-state index in [-0.39, 0.29) is 16.9 Å². The molecule has 1 aromatic carbocycles. The molecule has 1 atom stereocenters. The van der Waals surface area contributed by atoms with Crippen molar-refractivity contribution < 1.29 is 4.39 Å². The van der Waals surface area contributed by atoms with Gasteiger partial charge in [-0.2, -0.15) is 11.8 Å². The van der Waals surface area contributed by atoms with E-state index in [4.69, 9.17) is 11.6 Å². The van der Waals surface area contributed by atoms with Gasteiger partial charge in [0.1, 0.15) is 5.82 Å². The maximum absolute atomic E-state index is 13.5. The molecule has 0 heterocycles. The van der Waals surface area contributed by atoms with Crippen LogP contribution >= 0.6 is 23.4 Å². The number of hydrogen-bond acceptors (Lipinski definition) is 2. The van der Waals surface area contributed by atoms with E-state index in [1.165, 1.54) is 31.7 Å². The van der Waals surface area contributed by atoms with Gasteiger partial charge in [0.15, 0.2) is 0 Å². The normalized spacial score (nSPS) is 19.6. The fraction of sp³-hybridized carbons (Fsp3) is 0.600. The molecule has 1 aromatic rings. The highest BCUT2D eigenvalue weighted by molar-refractivity contribution is 8.00. The molecule has 2 rings (SSSR count). The Morgan fingerprint density at radius 1 is 1.42 bits per heavy atom. The van der Waals surface area contributed by atoms with Gasteiger partial charge in [0.05, 0.1) is 5.02 Å². The minimum atomic E-state index is -0.340. The van der Waals surface area contributed by atoms with E-state index >= 15 is 0 Å². The lowest BCUT2D eigenvalue weighted by Crippen LogP contribution is -2.36. The van der Waals surface area contributed by atoms with Crippen LogP contribution in [0.1, 0.15) is 44.2 Å². The molecule has 0 aliphatic heterocycles. The van der Waals surface area contributed by atoms with E-state index in [2.05, 4.69) is 18.5 Å². The molecule has 1 aliphatic carbocycles. The first-order valence-electron chi connectivity index (χ1n) is 6.80. The quantitative estimate of drug-likeness (QED) is 0.838. The number of benzene rings is 1. The summed E-state index contributed by atoms with van der Waals surface area (Å²) in [5.74, 6) is -0.340. The van der Waals surface area contributed by atoms with Gasteiger partial charge in [-0.25, -0.2) is 4.39 Å². The van der Waals surface area contributed by atoms with Crippen molar-refractivity contribution in [1.29, 1.82) is 0 Å². The van der Waals surface area contributed by atoms with E-state index in [0.717, 1.165) is 12.1 Å². The van der Waals surface area contributed by atoms with Crippen LogP contribution in [0.4, 0.5) is 4.39 Å². The fourth-order valence-corrected chi connectivity index (χ4v) is 3.75. The van der Waals surface area contributed by atoms with Crippen molar-refractivity contribution in [3.8, 4) is 0 Å². The van der Waals surface area contributed by atoms with Crippen LogP contribution in [0.15, 0.2) is 18.2 Å². The van der Waals surface area contributed by atoms with Crippen molar-refractivity contribution >= 4 is 23.4 Å². The van der Waals surface area contributed by atoms with Gasteiger partial charge in [-0.3, -0.25) is 0 Å². The minimum absolute atomic E-state index is 0.149. The second kappa shape index (κ2) is 6.47. The first kappa shape index (κ1) is 15.1. The molecule has 19 heavy (non-hydrogen) atoms. The fourth-order valence-electron chi connectivity index (χ4n) is 2.71. The Hall–Kier alpha value is -0.250. The van der Waals surface area contributed by atoms with Crippen molar-refractivity contribution in [1.82, 2.24) is 5.32 Å². The minimum Gasteiger partial charge on any atom is -0.309 e. The van der Waals surface area contributed by atoms with Gasteiger partial charge in [-0.15, -0.1) is 0 Å². The lowest BCUT2D eigenvalue weighted by atomic mass is 10.0. The van der Waals surface area contributed by atoms with Crippen LogP contribution in [0.2, 0.25) is 5.02 Å². The summed E-state index contributed by atoms with van der Waals surface area (Å²) in [6, 6.07) is 5.20. The monoisotopic (exact) mass is 301 g/mol. The zero-order chi connectivity index (χ0) is 13.9. The number of halogens is 2. The number of nitrogens with one attached hydrogen (secondary N) is 1. The summed E-state index contributed by atoms with van der Waals surface area (Å²) in [6.45, 7) is 3.06. The largest absolute Gasteiger partial charge is 0.309 e. The van der Waals surface area contributed by atoms with Gasteiger partial charge < -0.3 is 5.32 Å². The van der Waals surface area contributed by atoms with Crippen LogP contribution in [-0.4, -0.2) is 17.5 Å². The second-order valence-corrected chi connectivity index (χ2v) is 7.05. The van der Waals surface area contributed by atoms with Crippen molar-refractivity contribution in [3.63, 3.8) is 0 Å². The van der Waals surface area contributed by atoms with Crippen LogP contribution in [0, 0.1) is 5.82 Å². The third-order valence-electron chi connectivity index (χ3n) is 4.12. The van der Waals surface area contributed by atoms with Crippen LogP contribution in [0.3, 0.4) is 0 Å². The molecule has 0 saturated heterocycles. The third-order valence-corrected chi connectivity index (χ3v) is 5.85. The average Bonchev–Trinajstić information content (AvgIpc) is 2.89. The molecule has 0 spiro atoms. The molecule has 0 aromatic heterocycles. The van der Waals surface area contributed by atoms with E-state index in [1.807, 2.05) is 17.8 Å². The number of thioether (sulfide) groups is 1. The van der Waals surface area contributed by atoms with Gasteiger partial charge in [0.2, 0.25) is 0 Å². The smallest absolute Gasteiger partial charge is 0.142 e. The highest BCUT2D eigenvalue weighted by Crippen LogP contribution is 2.40. The SMILES string of the molecule is CSC1(CNC(C)c2ccc(Cl)c(F)c2)CCCC1. The van der Waals surface area contributed by atoms with E-state index < -0.39 is 0 Å². The van der Waals surface area contributed by atoms with E-state index in [9.17, 15) is 4.39 Å². The molecule has 0 bridgehead atoms. The number of hydrogen-bond donors (Lipinski definition) is 1. The molecular weight excluding hydrogens is 281 g/mol. The molecule has 4 heteroatoms. The molecule has 1 saturated carbocycles. The predicted octanol–water partition coefficient (Wildman–Crippen LogP) is 4.81. The molecule has 1 nitrogen and oxygen atoms in total. The Kier molecular flexibility index (Phi) is 5.15. The summed E-state index contributed by atoms with van der Waals surface area (Å²) in [4.78, 5) is 0. The maximum Gasteiger partial charge on any atom is 0.142 e. The van der Waals surface area contributed by atoms with Crippen LogP contribution in [0.25, 0.3) is 0 Å². The van der Waals surface area contributed by atoms with Crippen molar-refractivity contribution in [2.45, 2.75) is 43.4 Å². The van der Waals surface area contributed by atoms with Gasteiger partial charge in [-0.05, 0) is 43.7 Å². The summed E-state index contributed by atoms with van der Waals surface area (Å²) >= 11 is 7.68. The Balaban J connectivity index is 1.96. The van der Waals surface area contributed by atoms with Gasteiger partial charge >= 0.3 is 0 Å². The van der Waals surface area contributed by atoms with Crippen molar-refractivity contribution in [2.75, 3.05) is 12.8 Å². The Morgan fingerprint density at radius 3 is 2.68 bits per heavy atom. The highest BCUT2D eigenvalue weighted by Gasteiger charge is 2.32. The summed E-state index contributed by atoms with van der Waals surface area (Å²) in [6.07, 6.45) is 7.41. The van der Waals surface area contributed by atoms with Crippen molar-refractivity contribution in [2.24, 2.45) is 0 Å². The Bertz CT molecular complexity index is 432. The zero-order valence-electron chi connectivity index (χ0n) is 11.5. The first-order valence-corrected chi connectivity index (χ1v) is 8.40. The first-order chi connectivity index (χ1) is 9.06. The van der Waals surface area contributed by atoms with E-state index in [0.29, 0.717) is 4.75 Å². The predicted molar refractivity (Wildman–Crippen MR) is 82.5 cm³/mol. The molecule has 106 valence electrons. The summed E-state index contributed by atoms with van der Waals surface area (Å²) in [7, 11) is 0. The Morgan fingerprint density at radius 2 is 2.11 bits per heavy atom. The summed E-state index contributed by atoms with van der Waals surface area (Å²) in [5, 5.41) is 3.74. The van der Waals surface area contributed by atoms with Gasteiger partial charge in [0, 0.05) is 17.3 Å². The lowest BCUT2D eigenvalue weighted by Gasteiger charge is -2.29. The summed E-state index contributed by atoms with van der Waals surface area (Å²) < 4.78 is 13.8. The molecule has 0 radical (unpaired) electrons. The topological polar surface area (TPSA) is 12.0 Å². The number of rotatable bonds is 5. The zero-order valence-corrected chi connectivity index (χ0v) is 13.1. The van der Waals surface area contributed by atoms with Crippen LogP contribution < -0.4 is 5.32 Å². The van der Waals surface area contributed by atoms with Crippen molar-refractivity contribution in [3.05, 3.63) is 34.6 Å². The average molecular weight is 302 g/mol. The van der Waals surface area contributed by atoms with Crippen LogP contribution in [0.5, 0.6) is 0 Å². The molecule has 0 amide bonds. The molecule has 1 N–H and O–H groups in total. The molecule has 1 fully saturated rings. The summed E-state index contributed by atoms with van der Waals surface area (Å²) in [5.41, 5.74) is 0.955. The molecule has 1 aliphatic rings. The molecular formula is C15H21ClFNS. The maximum atomic E-state index is 13.5. The van der Waals surface area contributed by atoms with E-state index in [1.54, 1.807) is 6.07 Å². The third kappa shape index (κ3) is 3.65. The van der Waals surface area contributed by atoms with Gasteiger partial charge in [-0.1, -0.05) is 30.5 Å². The van der Waals surface area contributed by atoms with Crippen LogP contribution in [-0.2, 0) is 0 Å². The van der Waals surface area contributed by atoms with Gasteiger partial charge in [0.25, 0.3) is 0 Å². The molecule has 1 unspecified atom stereocenters.